The van der Waals surface area contributed by atoms with Crippen molar-refractivity contribution in [3.8, 4) is 5.75 Å². The van der Waals surface area contributed by atoms with Crippen molar-refractivity contribution in [3.63, 3.8) is 0 Å². The molecular weight excluding hydrogens is 334 g/mol. The minimum atomic E-state index is -0.322. The standard InChI is InChI=1S/C19H27N3O4/c1-14-3-4-17(25-2)16(11-14)22-13-15(12-18(22)23)19(24)20-5-6-21-7-9-26-10-8-21/h3-4,11,15H,5-10,12-13H2,1-2H3,(H,20,24)/t15-/m0/s1. The molecule has 7 heteroatoms. The summed E-state index contributed by atoms with van der Waals surface area (Å²) in [4.78, 5) is 28.9. The van der Waals surface area contributed by atoms with E-state index in [2.05, 4.69) is 10.2 Å². The van der Waals surface area contributed by atoms with Gasteiger partial charge in [0, 0.05) is 39.1 Å². The molecule has 2 saturated heterocycles. The first-order chi connectivity index (χ1) is 12.6. The Labute approximate surface area is 154 Å². The predicted molar refractivity (Wildman–Crippen MR) is 98.5 cm³/mol. The van der Waals surface area contributed by atoms with Gasteiger partial charge in [0.2, 0.25) is 11.8 Å². The van der Waals surface area contributed by atoms with Gasteiger partial charge in [-0.05, 0) is 24.6 Å². The summed E-state index contributed by atoms with van der Waals surface area (Å²) in [5.74, 6) is 0.234. The van der Waals surface area contributed by atoms with Gasteiger partial charge in [-0.15, -0.1) is 0 Å². The Balaban J connectivity index is 1.55. The monoisotopic (exact) mass is 361 g/mol. The van der Waals surface area contributed by atoms with Crippen LogP contribution >= 0.6 is 0 Å². The van der Waals surface area contributed by atoms with Gasteiger partial charge in [0.15, 0.2) is 0 Å². The molecule has 2 fully saturated rings. The van der Waals surface area contributed by atoms with Gasteiger partial charge < -0.3 is 19.7 Å². The normalized spacial score (nSPS) is 21.1. The van der Waals surface area contributed by atoms with E-state index < -0.39 is 0 Å². The third kappa shape index (κ3) is 4.34. The van der Waals surface area contributed by atoms with Gasteiger partial charge in [-0.1, -0.05) is 6.07 Å². The van der Waals surface area contributed by atoms with Crippen LogP contribution in [-0.4, -0.2) is 69.8 Å². The van der Waals surface area contributed by atoms with Crippen molar-refractivity contribution in [1.82, 2.24) is 10.2 Å². The molecule has 142 valence electrons. The third-order valence-corrected chi connectivity index (χ3v) is 4.95. The number of aryl methyl sites for hydroxylation is 1. The lowest BCUT2D eigenvalue weighted by Gasteiger charge is -2.26. The first-order valence-corrected chi connectivity index (χ1v) is 9.11. The summed E-state index contributed by atoms with van der Waals surface area (Å²) in [5, 5.41) is 2.97. The maximum Gasteiger partial charge on any atom is 0.227 e. The number of rotatable bonds is 6. The van der Waals surface area contributed by atoms with E-state index in [-0.39, 0.29) is 24.2 Å². The van der Waals surface area contributed by atoms with Gasteiger partial charge in [-0.25, -0.2) is 0 Å². The lowest BCUT2D eigenvalue weighted by atomic mass is 10.1. The number of carbonyl (C=O) groups excluding carboxylic acids is 2. The Morgan fingerprint density at radius 1 is 1.35 bits per heavy atom. The highest BCUT2D eigenvalue weighted by Crippen LogP contribution is 2.33. The second kappa shape index (κ2) is 8.51. The van der Waals surface area contributed by atoms with Crippen LogP contribution in [0.2, 0.25) is 0 Å². The van der Waals surface area contributed by atoms with Crippen LogP contribution in [0.4, 0.5) is 5.69 Å². The molecule has 7 nitrogen and oxygen atoms in total. The van der Waals surface area contributed by atoms with E-state index in [4.69, 9.17) is 9.47 Å². The number of nitrogens with one attached hydrogen (secondary N) is 1. The average Bonchev–Trinajstić information content (AvgIpc) is 3.04. The summed E-state index contributed by atoms with van der Waals surface area (Å²) in [6, 6.07) is 5.72. The molecule has 1 N–H and O–H groups in total. The maximum absolute atomic E-state index is 12.5. The molecule has 26 heavy (non-hydrogen) atoms. The number of amides is 2. The minimum absolute atomic E-state index is 0.0396. The molecule has 0 unspecified atom stereocenters. The van der Waals surface area contributed by atoms with Crippen molar-refractivity contribution >= 4 is 17.5 Å². The van der Waals surface area contributed by atoms with Crippen LogP contribution < -0.4 is 15.0 Å². The minimum Gasteiger partial charge on any atom is -0.495 e. The van der Waals surface area contributed by atoms with E-state index in [1.165, 1.54) is 0 Å². The molecular formula is C19H27N3O4. The van der Waals surface area contributed by atoms with E-state index in [1.807, 2.05) is 25.1 Å². The van der Waals surface area contributed by atoms with E-state index in [0.717, 1.165) is 44.1 Å². The highest BCUT2D eigenvalue weighted by Gasteiger charge is 2.36. The molecule has 0 saturated carbocycles. The number of morpholine rings is 1. The maximum atomic E-state index is 12.5. The summed E-state index contributed by atoms with van der Waals surface area (Å²) in [6.45, 7) is 7.07. The van der Waals surface area contributed by atoms with Crippen molar-refractivity contribution in [3.05, 3.63) is 23.8 Å². The SMILES string of the molecule is COc1ccc(C)cc1N1C[C@@H](C(=O)NCCN2CCOCC2)CC1=O. The first kappa shape index (κ1) is 18.7. The molecule has 2 aliphatic rings. The molecule has 3 rings (SSSR count). The Bertz CT molecular complexity index is 658. The fourth-order valence-corrected chi connectivity index (χ4v) is 3.43. The van der Waals surface area contributed by atoms with Gasteiger partial charge >= 0.3 is 0 Å². The molecule has 2 heterocycles. The smallest absolute Gasteiger partial charge is 0.227 e. The molecule has 0 aliphatic carbocycles. The zero-order chi connectivity index (χ0) is 18.5. The number of nitrogens with zero attached hydrogens (tertiary/aromatic N) is 2. The van der Waals surface area contributed by atoms with Crippen LogP contribution in [0.3, 0.4) is 0 Å². The van der Waals surface area contributed by atoms with Crippen LogP contribution in [0.5, 0.6) is 5.75 Å². The Kier molecular flexibility index (Phi) is 6.11. The summed E-state index contributed by atoms with van der Waals surface area (Å²) in [5.41, 5.74) is 1.79. The van der Waals surface area contributed by atoms with Gasteiger partial charge in [0.1, 0.15) is 5.75 Å². The Hall–Kier alpha value is -2.12. The second-order valence-electron chi connectivity index (χ2n) is 6.83. The van der Waals surface area contributed by atoms with Crippen LogP contribution in [0.1, 0.15) is 12.0 Å². The van der Waals surface area contributed by atoms with Crippen molar-refractivity contribution in [2.24, 2.45) is 5.92 Å². The molecule has 2 amide bonds. The lowest BCUT2D eigenvalue weighted by molar-refractivity contribution is -0.126. The number of anilines is 1. The molecule has 2 aliphatic heterocycles. The number of methoxy groups -OCH3 is 1. The third-order valence-electron chi connectivity index (χ3n) is 4.95. The fraction of sp³-hybridized carbons (Fsp3) is 0.579. The van der Waals surface area contributed by atoms with Crippen molar-refractivity contribution < 1.29 is 19.1 Å². The first-order valence-electron chi connectivity index (χ1n) is 9.11. The lowest BCUT2D eigenvalue weighted by Crippen LogP contribution is -2.42. The fourth-order valence-electron chi connectivity index (χ4n) is 3.43. The largest absolute Gasteiger partial charge is 0.495 e. The molecule has 0 bridgehead atoms. The van der Waals surface area contributed by atoms with Crippen LogP contribution in [0.15, 0.2) is 18.2 Å². The summed E-state index contributed by atoms with van der Waals surface area (Å²) >= 11 is 0. The molecule has 0 radical (unpaired) electrons. The van der Waals surface area contributed by atoms with Crippen LogP contribution in [0, 0.1) is 12.8 Å². The predicted octanol–water partition coefficient (Wildman–Crippen LogP) is 0.805. The van der Waals surface area contributed by atoms with Crippen LogP contribution in [0.25, 0.3) is 0 Å². The van der Waals surface area contributed by atoms with Crippen molar-refractivity contribution in [2.75, 3.05) is 57.9 Å². The highest BCUT2D eigenvalue weighted by molar-refractivity contribution is 6.01. The molecule has 0 aromatic heterocycles. The van der Waals surface area contributed by atoms with E-state index in [1.54, 1.807) is 12.0 Å². The average molecular weight is 361 g/mol. The number of benzene rings is 1. The summed E-state index contributed by atoms with van der Waals surface area (Å²) in [7, 11) is 1.59. The van der Waals surface area contributed by atoms with Gasteiger partial charge in [0.05, 0.1) is 31.9 Å². The Morgan fingerprint density at radius 3 is 2.85 bits per heavy atom. The van der Waals surface area contributed by atoms with Gasteiger partial charge in [-0.3, -0.25) is 14.5 Å². The molecule has 1 aromatic carbocycles. The quantitative estimate of drug-likeness (QED) is 0.812. The van der Waals surface area contributed by atoms with Crippen LogP contribution in [-0.2, 0) is 14.3 Å². The van der Waals surface area contributed by atoms with E-state index >= 15 is 0 Å². The molecule has 1 aromatic rings. The molecule has 0 spiro atoms. The molecule has 1 atom stereocenters. The summed E-state index contributed by atoms with van der Waals surface area (Å²) in [6.07, 6.45) is 0.237. The number of carbonyl (C=O) groups is 2. The zero-order valence-corrected chi connectivity index (χ0v) is 15.5. The number of hydrogen-bond donors (Lipinski definition) is 1. The van der Waals surface area contributed by atoms with Crippen molar-refractivity contribution in [1.29, 1.82) is 0 Å². The van der Waals surface area contributed by atoms with Crippen molar-refractivity contribution in [2.45, 2.75) is 13.3 Å². The zero-order valence-electron chi connectivity index (χ0n) is 15.5. The van der Waals surface area contributed by atoms with Gasteiger partial charge in [-0.2, -0.15) is 0 Å². The second-order valence-corrected chi connectivity index (χ2v) is 6.83. The van der Waals surface area contributed by atoms with Gasteiger partial charge in [0.25, 0.3) is 0 Å². The topological polar surface area (TPSA) is 71.1 Å². The number of ether oxygens (including phenoxy) is 2. The highest BCUT2D eigenvalue weighted by atomic mass is 16.5. The number of hydrogen-bond acceptors (Lipinski definition) is 5. The van der Waals surface area contributed by atoms with E-state index in [0.29, 0.717) is 18.8 Å². The van der Waals surface area contributed by atoms with E-state index in [9.17, 15) is 9.59 Å². The Morgan fingerprint density at radius 2 is 2.12 bits per heavy atom. The summed E-state index contributed by atoms with van der Waals surface area (Å²) < 4.78 is 10.7.